The van der Waals surface area contributed by atoms with Crippen LogP contribution in [0, 0.1) is 0 Å². The Bertz CT molecular complexity index is 987. The van der Waals surface area contributed by atoms with Gasteiger partial charge in [-0.3, -0.25) is 19.7 Å². The van der Waals surface area contributed by atoms with Crippen molar-refractivity contribution in [3.8, 4) is 0 Å². The van der Waals surface area contributed by atoms with Crippen molar-refractivity contribution in [1.82, 2.24) is 9.88 Å². The van der Waals surface area contributed by atoms with Gasteiger partial charge >= 0.3 is 0 Å². The molecule has 0 radical (unpaired) electrons. The lowest BCUT2D eigenvalue weighted by atomic mass is 10.0. The van der Waals surface area contributed by atoms with Gasteiger partial charge < -0.3 is 65.3 Å². The van der Waals surface area contributed by atoms with E-state index in [1.807, 2.05) is 13.8 Å². The molecule has 0 aromatic carbocycles. The van der Waals surface area contributed by atoms with Crippen molar-refractivity contribution in [2.24, 2.45) is 4.99 Å². The van der Waals surface area contributed by atoms with Crippen LogP contribution in [-0.2, 0) is 20.8 Å². The van der Waals surface area contributed by atoms with Crippen molar-refractivity contribution < 1.29 is 70.1 Å². The van der Waals surface area contributed by atoms with Gasteiger partial charge in [0.1, 0.15) is 36.6 Å². The summed E-state index contributed by atoms with van der Waals surface area (Å²) in [4.78, 5) is 22.3. The van der Waals surface area contributed by atoms with Crippen molar-refractivity contribution in [2.75, 3.05) is 72.5 Å². The number of carbonyl (C=O) groups is 1. The van der Waals surface area contributed by atoms with E-state index in [4.69, 9.17) is 24.4 Å². The molecular weight excluding hydrogens is 638 g/mol. The predicted octanol–water partition coefficient (Wildman–Crippen LogP) is -3.75. The number of ketones is 1. The van der Waals surface area contributed by atoms with Gasteiger partial charge in [-0.25, -0.2) is 0 Å². The summed E-state index contributed by atoms with van der Waals surface area (Å²) in [5.74, 6) is -0.0210. The number of ether oxygens (including phenoxy) is 3. The van der Waals surface area contributed by atoms with Gasteiger partial charge in [-0.05, 0) is 32.4 Å². The zero-order chi connectivity index (χ0) is 36.1. The molecule has 1 aromatic heterocycles. The topological polar surface area (TPSA) is 276 Å². The first kappa shape index (κ1) is 44.0. The van der Waals surface area contributed by atoms with E-state index in [9.17, 15) is 45.6 Å². The normalized spacial score (nSPS) is 16.9. The maximum atomic E-state index is 12.3. The molecule has 0 aliphatic heterocycles. The molecule has 8 unspecified atom stereocenters. The lowest BCUT2D eigenvalue weighted by molar-refractivity contribution is -0.131. The molecular formula is C31H55N3O14. The van der Waals surface area contributed by atoms with Crippen LogP contribution in [0.3, 0.4) is 0 Å². The first-order valence-electron chi connectivity index (χ1n) is 15.9. The average Bonchev–Trinajstić information content (AvgIpc) is 3.08. The Labute approximate surface area is 280 Å². The number of aliphatic imine (C=N–C) groups is 1. The molecule has 0 saturated carbocycles. The van der Waals surface area contributed by atoms with Gasteiger partial charge in [0.25, 0.3) is 0 Å². The number of nitrogens with zero attached hydrogens (tertiary/aromatic N) is 3. The largest absolute Gasteiger partial charge is 0.394 e. The molecule has 10 N–H and O–H groups in total. The molecule has 0 aliphatic carbocycles. The molecule has 0 aliphatic rings. The second kappa shape index (κ2) is 25.0. The van der Waals surface area contributed by atoms with E-state index in [2.05, 4.69) is 9.98 Å². The smallest absolute Gasteiger partial charge is 0.164 e. The van der Waals surface area contributed by atoms with Crippen molar-refractivity contribution in [2.45, 2.75) is 82.1 Å². The number of hydrogen-bond acceptors (Lipinski definition) is 17. The number of aromatic nitrogens is 1. The third kappa shape index (κ3) is 17.5. The van der Waals surface area contributed by atoms with Crippen LogP contribution in [0.15, 0.2) is 23.3 Å². The highest BCUT2D eigenvalue weighted by Gasteiger charge is 2.34. The SMILES string of the molecule is CC(C)=NCc1ccc(C(=O)CCCOCCOCCOCCN(CC(O)C(O)C(O)C(O)CO)CC(O)C(O)C(O)C(O)CO)cn1. The van der Waals surface area contributed by atoms with Crippen LogP contribution in [0.2, 0.25) is 0 Å². The summed E-state index contributed by atoms with van der Waals surface area (Å²) < 4.78 is 16.5. The van der Waals surface area contributed by atoms with Crippen LogP contribution in [0.1, 0.15) is 42.7 Å². The van der Waals surface area contributed by atoms with Crippen molar-refractivity contribution in [1.29, 1.82) is 0 Å². The summed E-state index contributed by atoms with van der Waals surface area (Å²) in [5.41, 5.74) is 2.29. The van der Waals surface area contributed by atoms with Crippen molar-refractivity contribution in [3.63, 3.8) is 0 Å². The molecule has 0 spiro atoms. The first-order valence-corrected chi connectivity index (χ1v) is 15.9. The molecule has 17 heteroatoms. The van der Waals surface area contributed by atoms with E-state index in [-0.39, 0.29) is 51.8 Å². The molecule has 17 nitrogen and oxygen atoms in total. The van der Waals surface area contributed by atoms with Gasteiger partial charge in [-0.15, -0.1) is 0 Å². The molecule has 0 bridgehead atoms. The van der Waals surface area contributed by atoms with Crippen molar-refractivity contribution in [3.05, 3.63) is 29.6 Å². The van der Waals surface area contributed by atoms with Crippen LogP contribution >= 0.6 is 0 Å². The Morgan fingerprint density at radius 2 is 1.21 bits per heavy atom. The molecule has 48 heavy (non-hydrogen) atoms. The Morgan fingerprint density at radius 1 is 0.729 bits per heavy atom. The number of hydrogen-bond donors (Lipinski definition) is 10. The Hall–Kier alpha value is -2.07. The van der Waals surface area contributed by atoms with Crippen LogP contribution < -0.4 is 0 Å². The number of rotatable bonds is 28. The number of carbonyl (C=O) groups excluding carboxylic acids is 1. The predicted molar refractivity (Wildman–Crippen MR) is 171 cm³/mol. The lowest BCUT2D eigenvalue weighted by Crippen LogP contribution is -2.53. The fourth-order valence-corrected chi connectivity index (χ4v) is 4.27. The highest BCUT2D eigenvalue weighted by atomic mass is 16.5. The molecule has 0 amide bonds. The van der Waals surface area contributed by atoms with E-state index < -0.39 is 62.0 Å². The van der Waals surface area contributed by atoms with E-state index in [1.54, 1.807) is 18.3 Å². The number of Topliss-reactive ketones (excluding diaryl/α,β-unsaturated/α-hetero) is 1. The van der Waals surface area contributed by atoms with Gasteiger partial charge in [-0.2, -0.15) is 0 Å². The van der Waals surface area contributed by atoms with Crippen LogP contribution in [-0.4, -0.2) is 194 Å². The van der Waals surface area contributed by atoms with E-state index in [0.29, 0.717) is 38.2 Å². The molecule has 0 fully saturated rings. The minimum Gasteiger partial charge on any atom is -0.394 e. The Balaban J connectivity index is 2.36. The highest BCUT2D eigenvalue weighted by molar-refractivity contribution is 5.95. The standard InChI is InChI=1S/C31H55N3O14/c1-20(2)32-15-22-6-5-21(14-33-22)23(37)4-3-8-46-10-12-48-13-11-47-9-7-34(16-24(38)28(42)30(44)26(40)18-35)17-25(39)29(43)31(45)27(41)19-36/h5-6,14,24-31,35-36,38-45H,3-4,7-13,15-19H2,1-2H3. The fourth-order valence-electron chi connectivity index (χ4n) is 4.27. The molecule has 0 saturated heterocycles. The van der Waals surface area contributed by atoms with Gasteiger partial charge in [0.2, 0.25) is 0 Å². The monoisotopic (exact) mass is 693 g/mol. The molecule has 278 valence electrons. The zero-order valence-electron chi connectivity index (χ0n) is 27.7. The molecule has 1 heterocycles. The summed E-state index contributed by atoms with van der Waals surface area (Å²) in [6.07, 6.45) is -11.8. The van der Waals surface area contributed by atoms with E-state index >= 15 is 0 Å². The number of aliphatic hydroxyl groups is 10. The fraction of sp³-hybridized carbons (Fsp3) is 0.774. The lowest BCUT2D eigenvalue weighted by Gasteiger charge is -2.33. The minimum absolute atomic E-state index is 0.0210. The van der Waals surface area contributed by atoms with Crippen LogP contribution in [0.5, 0.6) is 0 Å². The van der Waals surface area contributed by atoms with E-state index in [0.717, 1.165) is 11.4 Å². The molecule has 8 atom stereocenters. The third-order valence-electron chi connectivity index (χ3n) is 7.23. The Morgan fingerprint density at radius 3 is 1.67 bits per heavy atom. The number of aliphatic hydroxyl groups excluding tert-OH is 10. The Kier molecular flexibility index (Phi) is 22.9. The summed E-state index contributed by atoms with van der Waals surface area (Å²) in [6, 6.07) is 3.54. The van der Waals surface area contributed by atoms with Crippen LogP contribution in [0.4, 0.5) is 0 Å². The van der Waals surface area contributed by atoms with Crippen molar-refractivity contribution >= 4 is 11.5 Å². The highest BCUT2D eigenvalue weighted by Crippen LogP contribution is 2.11. The second-order valence-electron chi connectivity index (χ2n) is 11.5. The van der Waals surface area contributed by atoms with Gasteiger partial charge in [0, 0.05) is 50.1 Å². The zero-order valence-corrected chi connectivity index (χ0v) is 27.7. The van der Waals surface area contributed by atoms with Gasteiger partial charge in [0.15, 0.2) is 5.78 Å². The summed E-state index contributed by atoms with van der Waals surface area (Å²) in [5, 5.41) is 97.9. The van der Waals surface area contributed by atoms with Gasteiger partial charge in [0.05, 0.1) is 70.7 Å². The summed E-state index contributed by atoms with van der Waals surface area (Å²) >= 11 is 0. The first-order chi connectivity index (χ1) is 22.8. The number of pyridine rings is 1. The molecule has 1 rings (SSSR count). The third-order valence-corrected chi connectivity index (χ3v) is 7.23. The summed E-state index contributed by atoms with van der Waals surface area (Å²) in [7, 11) is 0. The minimum atomic E-state index is -1.87. The maximum Gasteiger partial charge on any atom is 0.164 e. The maximum absolute atomic E-state index is 12.3. The molecule has 1 aromatic rings. The quantitative estimate of drug-likeness (QED) is 0.0229. The van der Waals surface area contributed by atoms with E-state index in [1.165, 1.54) is 4.90 Å². The second-order valence-corrected chi connectivity index (χ2v) is 11.5. The summed E-state index contributed by atoms with van der Waals surface area (Å²) in [6.45, 7) is 3.20. The van der Waals surface area contributed by atoms with Crippen LogP contribution in [0.25, 0.3) is 0 Å². The average molecular weight is 694 g/mol. The van der Waals surface area contributed by atoms with Gasteiger partial charge in [-0.1, -0.05) is 0 Å².